The quantitative estimate of drug-likeness (QED) is 0.477. The number of hydrogen-bond acceptors (Lipinski definition) is 3. The minimum absolute atomic E-state index is 0.0858. The van der Waals surface area contributed by atoms with Gasteiger partial charge in [-0.3, -0.25) is 4.79 Å². The summed E-state index contributed by atoms with van der Waals surface area (Å²) in [7, 11) is -3.89. The summed E-state index contributed by atoms with van der Waals surface area (Å²) in [6, 6.07) is 21.7. The summed E-state index contributed by atoms with van der Waals surface area (Å²) in [5.41, 5.74) is 1.59. The standard InChI is InChI=1S/C22H20BrClN2O3S/c23-18-10-12-19(13-11-18)30(28,29)26-21(14-16-6-2-1-3-7-16)22(27)25-15-17-8-4-5-9-20(17)24/h1-13,21,26H,14-15H2,(H,25,27)/t21-/m0/s1. The molecule has 3 aromatic carbocycles. The minimum atomic E-state index is -3.89. The first-order valence-corrected chi connectivity index (χ1v) is 11.8. The second-order valence-electron chi connectivity index (χ2n) is 6.63. The van der Waals surface area contributed by atoms with E-state index in [0.29, 0.717) is 5.02 Å². The van der Waals surface area contributed by atoms with Crippen LogP contribution in [0.5, 0.6) is 0 Å². The molecule has 2 N–H and O–H groups in total. The van der Waals surface area contributed by atoms with Gasteiger partial charge < -0.3 is 5.32 Å². The first kappa shape index (κ1) is 22.5. The van der Waals surface area contributed by atoms with Crippen LogP contribution in [0.25, 0.3) is 0 Å². The highest BCUT2D eigenvalue weighted by Crippen LogP contribution is 2.17. The van der Waals surface area contributed by atoms with Crippen molar-refractivity contribution in [3.05, 3.63) is 99.5 Å². The van der Waals surface area contributed by atoms with Gasteiger partial charge in [-0.25, -0.2) is 8.42 Å². The average Bonchev–Trinajstić information content (AvgIpc) is 2.73. The van der Waals surface area contributed by atoms with E-state index in [1.54, 1.807) is 30.3 Å². The van der Waals surface area contributed by atoms with Crippen LogP contribution < -0.4 is 10.0 Å². The fourth-order valence-electron chi connectivity index (χ4n) is 2.85. The Morgan fingerprint density at radius 3 is 2.23 bits per heavy atom. The third kappa shape index (κ3) is 6.15. The third-order valence-corrected chi connectivity index (χ3v) is 6.82. The van der Waals surface area contributed by atoms with Crippen LogP contribution in [-0.2, 0) is 27.8 Å². The first-order chi connectivity index (χ1) is 14.3. The van der Waals surface area contributed by atoms with Crippen molar-refractivity contribution < 1.29 is 13.2 Å². The van der Waals surface area contributed by atoms with Gasteiger partial charge in [-0.2, -0.15) is 4.72 Å². The van der Waals surface area contributed by atoms with Gasteiger partial charge in [0.15, 0.2) is 0 Å². The number of nitrogens with one attached hydrogen (secondary N) is 2. The Labute approximate surface area is 189 Å². The Balaban J connectivity index is 1.79. The molecule has 0 aliphatic heterocycles. The topological polar surface area (TPSA) is 75.3 Å². The summed E-state index contributed by atoms with van der Waals surface area (Å²) in [4.78, 5) is 13.0. The minimum Gasteiger partial charge on any atom is -0.351 e. The maximum Gasteiger partial charge on any atom is 0.241 e. The Morgan fingerprint density at radius 2 is 1.57 bits per heavy atom. The summed E-state index contributed by atoms with van der Waals surface area (Å²) < 4.78 is 29.0. The fraction of sp³-hybridized carbons (Fsp3) is 0.136. The number of carbonyl (C=O) groups is 1. The second-order valence-corrected chi connectivity index (χ2v) is 9.66. The van der Waals surface area contributed by atoms with Crippen molar-refractivity contribution in [3.8, 4) is 0 Å². The molecule has 5 nitrogen and oxygen atoms in total. The van der Waals surface area contributed by atoms with E-state index in [-0.39, 0.29) is 17.9 Å². The normalized spacial score (nSPS) is 12.3. The lowest BCUT2D eigenvalue weighted by atomic mass is 10.1. The van der Waals surface area contributed by atoms with E-state index in [1.807, 2.05) is 36.4 Å². The molecule has 0 radical (unpaired) electrons. The van der Waals surface area contributed by atoms with Gasteiger partial charge in [0.05, 0.1) is 4.90 Å². The summed E-state index contributed by atoms with van der Waals surface area (Å²) >= 11 is 9.44. The van der Waals surface area contributed by atoms with Crippen LogP contribution in [0.2, 0.25) is 5.02 Å². The number of benzene rings is 3. The van der Waals surface area contributed by atoms with E-state index in [4.69, 9.17) is 11.6 Å². The van der Waals surface area contributed by atoms with Crippen molar-refractivity contribution in [1.82, 2.24) is 10.0 Å². The zero-order valence-electron chi connectivity index (χ0n) is 15.9. The van der Waals surface area contributed by atoms with Gasteiger partial charge in [-0.05, 0) is 47.9 Å². The Morgan fingerprint density at radius 1 is 0.933 bits per heavy atom. The van der Waals surface area contributed by atoms with Crippen molar-refractivity contribution >= 4 is 43.5 Å². The molecule has 0 saturated carbocycles. The van der Waals surface area contributed by atoms with Crippen LogP contribution in [-0.4, -0.2) is 20.4 Å². The van der Waals surface area contributed by atoms with E-state index in [1.165, 1.54) is 12.1 Å². The largest absolute Gasteiger partial charge is 0.351 e. The zero-order valence-corrected chi connectivity index (χ0v) is 19.0. The van der Waals surface area contributed by atoms with Crippen LogP contribution in [0.1, 0.15) is 11.1 Å². The van der Waals surface area contributed by atoms with Crippen molar-refractivity contribution in [2.45, 2.75) is 23.9 Å². The average molecular weight is 508 g/mol. The number of sulfonamides is 1. The molecular weight excluding hydrogens is 488 g/mol. The Kier molecular flexibility index (Phi) is 7.66. The smallest absolute Gasteiger partial charge is 0.241 e. The van der Waals surface area contributed by atoms with Crippen LogP contribution in [0.3, 0.4) is 0 Å². The molecule has 1 atom stereocenters. The molecule has 30 heavy (non-hydrogen) atoms. The molecule has 1 amide bonds. The molecule has 3 aromatic rings. The van der Waals surface area contributed by atoms with E-state index in [9.17, 15) is 13.2 Å². The van der Waals surface area contributed by atoms with E-state index in [2.05, 4.69) is 26.0 Å². The molecule has 156 valence electrons. The van der Waals surface area contributed by atoms with Gasteiger partial charge in [0.1, 0.15) is 6.04 Å². The van der Waals surface area contributed by atoms with Crippen molar-refractivity contribution in [1.29, 1.82) is 0 Å². The van der Waals surface area contributed by atoms with Gasteiger partial charge in [0.2, 0.25) is 15.9 Å². The number of hydrogen-bond donors (Lipinski definition) is 2. The molecule has 8 heteroatoms. The summed E-state index contributed by atoms with van der Waals surface area (Å²) in [6.45, 7) is 0.198. The van der Waals surface area contributed by atoms with Crippen LogP contribution >= 0.6 is 27.5 Å². The predicted molar refractivity (Wildman–Crippen MR) is 122 cm³/mol. The van der Waals surface area contributed by atoms with Gasteiger partial charge in [0.25, 0.3) is 0 Å². The lowest BCUT2D eigenvalue weighted by molar-refractivity contribution is -0.122. The number of carbonyl (C=O) groups excluding carboxylic acids is 1. The second kappa shape index (κ2) is 10.2. The molecule has 0 saturated heterocycles. The molecule has 0 bridgehead atoms. The molecule has 0 fully saturated rings. The van der Waals surface area contributed by atoms with Crippen LogP contribution in [0, 0.1) is 0 Å². The lowest BCUT2D eigenvalue weighted by Crippen LogP contribution is -2.47. The SMILES string of the molecule is O=C(NCc1ccccc1Cl)[C@H](Cc1ccccc1)NS(=O)(=O)c1ccc(Br)cc1. The van der Waals surface area contributed by atoms with E-state index < -0.39 is 22.0 Å². The Bertz CT molecular complexity index is 1110. The molecule has 0 unspecified atom stereocenters. The van der Waals surface area contributed by atoms with Crippen LogP contribution in [0.15, 0.2) is 88.2 Å². The number of amides is 1. The van der Waals surface area contributed by atoms with Crippen molar-refractivity contribution in [2.75, 3.05) is 0 Å². The number of rotatable bonds is 8. The summed E-state index contributed by atoms with van der Waals surface area (Å²) in [5, 5.41) is 3.32. The molecule has 3 rings (SSSR count). The fourth-order valence-corrected chi connectivity index (χ4v) is 4.52. The highest BCUT2D eigenvalue weighted by atomic mass is 79.9. The van der Waals surface area contributed by atoms with Gasteiger partial charge in [0, 0.05) is 16.0 Å². The number of halogens is 2. The van der Waals surface area contributed by atoms with Crippen LogP contribution in [0.4, 0.5) is 0 Å². The van der Waals surface area contributed by atoms with Crippen molar-refractivity contribution in [2.24, 2.45) is 0 Å². The van der Waals surface area contributed by atoms with Gasteiger partial charge >= 0.3 is 0 Å². The summed E-state index contributed by atoms with van der Waals surface area (Å²) in [5.74, 6) is -0.431. The maximum atomic E-state index is 12.9. The lowest BCUT2D eigenvalue weighted by Gasteiger charge is -2.19. The molecule has 0 aromatic heterocycles. The summed E-state index contributed by atoms with van der Waals surface area (Å²) in [6.07, 6.45) is 0.213. The molecular formula is C22H20BrClN2O3S. The maximum absolute atomic E-state index is 12.9. The van der Waals surface area contributed by atoms with E-state index in [0.717, 1.165) is 15.6 Å². The van der Waals surface area contributed by atoms with Gasteiger partial charge in [-0.1, -0.05) is 76.1 Å². The zero-order chi connectivity index (χ0) is 21.6. The van der Waals surface area contributed by atoms with Crippen molar-refractivity contribution in [3.63, 3.8) is 0 Å². The highest BCUT2D eigenvalue weighted by Gasteiger charge is 2.26. The molecule has 0 aliphatic rings. The third-order valence-electron chi connectivity index (χ3n) is 4.43. The predicted octanol–water partition coefficient (Wildman–Crippen LogP) is 4.31. The molecule has 0 heterocycles. The first-order valence-electron chi connectivity index (χ1n) is 9.18. The molecule has 0 spiro atoms. The Hall–Kier alpha value is -2.19. The molecule has 0 aliphatic carbocycles. The monoisotopic (exact) mass is 506 g/mol. The van der Waals surface area contributed by atoms with E-state index >= 15 is 0 Å². The highest BCUT2D eigenvalue weighted by molar-refractivity contribution is 9.10. The van der Waals surface area contributed by atoms with Gasteiger partial charge in [-0.15, -0.1) is 0 Å².